The van der Waals surface area contributed by atoms with E-state index >= 15 is 0 Å². The van der Waals surface area contributed by atoms with Gasteiger partial charge in [-0.2, -0.15) is 24.3 Å². The first kappa shape index (κ1) is 61.0. The molecule has 0 fully saturated rings. The van der Waals surface area contributed by atoms with Gasteiger partial charge in [0, 0.05) is 0 Å². The minimum absolute atomic E-state index is 0. The first-order valence-electron chi connectivity index (χ1n) is 27.9. The molecule has 16 aromatic rings. The topological polar surface area (TPSA) is 0 Å². The van der Waals surface area contributed by atoms with Crippen LogP contribution in [0.5, 0.6) is 0 Å². The molecule has 0 heterocycles. The number of benzene rings is 12. The Bertz CT molecular complexity index is 4270. The van der Waals surface area contributed by atoms with Crippen LogP contribution < -0.4 is 24.8 Å². The van der Waals surface area contributed by atoms with Gasteiger partial charge in [0.25, 0.3) is 0 Å². The van der Waals surface area contributed by atoms with Gasteiger partial charge in [-0.1, -0.05) is 244 Å². The van der Waals surface area contributed by atoms with Gasteiger partial charge >= 0.3 is 52.4 Å². The Morgan fingerprint density at radius 3 is 0.571 bits per heavy atom. The average molecular weight is 1270 g/mol. The zero-order chi connectivity index (χ0) is 54.1. The number of fused-ring (bicyclic) bond motifs is 8. The summed E-state index contributed by atoms with van der Waals surface area (Å²) in [7, 11) is 0. The molecule has 0 saturated carbocycles. The van der Waals surface area contributed by atoms with Crippen LogP contribution in [0.1, 0.15) is 22.3 Å². The van der Waals surface area contributed by atoms with Crippen molar-refractivity contribution in [3.63, 3.8) is 0 Å². The number of rotatable bonds is 4. The summed E-state index contributed by atoms with van der Waals surface area (Å²) in [5, 5.41) is 21.2. The molecular weight excluding hydrogens is 1210 g/mol. The first-order valence-corrected chi connectivity index (χ1v) is 27.9. The molecule has 84 heavy (non-hydrogen) atoms. The van der Waals surface area contributed by atoms with Gasteiger partial charge in [-0.3, -0.25) is 0 Å². The Morgan fingerprint density at radius 1 is 0.190 bits per heavy atom. The zero-order valence-electron chi connectivity index (χ0n) is 47.5. The van der Waals surface area contributed by atoms with E-state index in [2.05, 4.69) is 319 Å². The number of aryl methyl sites for hydroxylation is 4. The first-order chi connectivity index (χ1) is 39.3. The third-order valence-electron chi connectivity index (χ3n) is 15.9. The Kier molecular flexibility index (Phi) is 19.6. The Labute approximate surface area is 544 Å². The van der Waals surface area contributed by atoms with E-state index in [0.717, 1.165) is 0 Å². The maximum Gasteiger partial charge on any atom is 2.00 e. The molecular formula is C80H60Cl2Zr2-2. The van der Waals surface area contributed by atoms with Crippen molar-refractivity contribution in [1.82, 2.24) is 0 Å². The summed E-state index contributed by atoms with van der Waals surface area (Å²) in [4.78, 5) is 0. The Balaban J connectivity index is 0.000000132. The van der Waals surface area contributed by atoms with E-state index in [0.29, 0.717) is 0 Å². The molecule has 0 aromatic heterocycles. The van der Waals surface area contributed by atoms with E-state index in [9.17, 15) is 0 Å². The molecule has 0 aliphatic rings. The molecule has 0 radical (unpaired) electrons. The number of hydrogen-bond acceptors (Lipinski definition) is 0. The third kappa shape index (κ3) is 12.3. The van der Waals surface area contributed by atoms with Crippen LogP contribution in [-0.2, 0) is 52.4 Å². The van der Waals surface area contributed by atoms with Gasteiger partial charge in [0.2, 0.25) is 0 Å². The van der Waals surface area contributed by atoms with Crippen molar-refractivity contribution in [2.45, 2.75) is 27.7 Å². The van der Waals surface area contributed by atoms with Gasteiger partial charge in [0.05, 0.1) is 0 Å². The third-order valence-corrected chi connectivity index (χ3v) is 15.9. The van der Waals surface area contributed by atoms with Crippen LogP contribution in [0.25, 0.3) is 131 Å². The monoisotopic (exact) mass is 1270 g/mol. The van der Waals surface area contributed by atoms with Gasteiger partial charge in [-0.15, -0.1) is 138 Å². The van der Waals surface area contributed by atoms with E-state index in [-0.39, 0.29) is 77.2 Å². The van der Waals surface area contributed by atoms with Crippen molar-refractivity contribution >= 4 is 86.2 Å². The standard InChI is InChI=1S/4C20H15.2ClH.2Zr/c4*1-14-12-16-8-5-11-19(20(16)13-14)18-10-4-7-15-6-2-3-9-17(15)18;;;;/h4*2-13H,1H3;2*1H;;/q4*-1;;;2*+2/p-2. The van der Waals surface area contributed by atoms with Crippen molar-refractivity contribution in [1.29, 1.82) is 0 Å². The summed E-state index contributed by atoms with van der Waals surface area (Å²) < 4.78 is 0. The van der Waals surface area contributed by atoms with Gasteiger partial charge < -0.3 is 24.8 Å². The van der Waals surface area contributed by atoms with Crippen LogP contribution in [0.2, 0.25) is 0 Å². The molecule has 0 aliphatic carbocycles. The van der Waals surface area contributed by atoms with Gasteiger partial charge in [-0.25, -0.2) is 0 Å². The molecule has 16 rings (SSSR count). The van der Waals surface area contributed by atoms with E-state index in [1.807, 2.05) is 0 Å². The molecule has 0 atom stereocenters. The second kappa shape index (κ2) is 27.0. The minimum Gasteiger partial charge on any atom is -1.00 e. The van der Waals surface area contributed by atoms with Crippen LogP contribution in [0, 0.1) is 27.7 Å². The summed E-state index contributed by atoms with van der Waals surface area (Å²) >= 11 is 0. The maximum atomic E-state index is 2.28. The van der Waals surface area contributed by atoms with Crippen LogP contribution in [0.15, 0.2) is 291 Å². The molecule has 0 nitrogen and oxygen atoms in total. The van der Waals surface area contributed by atoms with Crippen LogP contribution >= 0.6 is 0 Å². The molecule has 0 unspecified atom stereocenters. The summed E-state index contributed by atoms with van der Waals surface area (Å²) in [6.45, 7) is 8.64. The van der Waals surface area contributed by atoms with Crippen molar-refractivity contribution in [3.8, 4) is 44.5 Å². The van der Waals surface area contributed by atoms with E-state index < -0.39 is 0 Å². The molecule has 16 aromatic carbocycles. The van der Waals surface area contributed by atoms with Gasteiger partial charge in [0.1, 0.15) is 0 Å². The van der Waals surface area contributed by atoms with Crippen LogP contribution in [0.3, 0.4) is 0 Å². The molecule has 404 valence electrons. The fourth-order valence-electron chi connectivity index (χ4n) is 12.3. The molecule has 0 spiro atoms. The summed E-state index contributed by atoms with van der Waals surface area (Å²) in [5.41, 5.74) is 15.9. The van der Waals surface area contributed by atoms with Crippen molar-refractivity contribution in [3.05, 3.63) is 313 Å². The van der Waals surface area contributed by atoms with E-state index in [1.54, 1.807) is 0 Å². The number of hydrogen-bond donors (Lipinski definition) is 0. The maximum absolute atomic E-state index is 2.28. The molecule has 0 aliphatic heterocycles. The second-order valence-electron chi connectivity index (χ2n) is 21.5. The SMILES string of the molecule is Cc1cc2c(-c3cccc4ccccc34)cccc2[cH-]1.Cc1cc2c(-c3cccc4ccccc34)cccc2[cH-]1.Cc1cc2c(-c3cccc4ccccc34)cccc2[cH-]1.Cc1cc2c(-c3cccc4ccccc34)cccc2[cH-]1.[Cl-].[Cl-].[Zr+2].[Zr+2]. The van der Waals surface area contributed by atoms with Crippen LogP contribution in [-0.4, -0.2) is 0 Å². The van der Waals surface area contributed by atoms with Crippen LogP contribution in [0.4, 0.5) is 0 Å². The second-order valence-corrected chi connectivity index (χ2v) is 21.5. The number of halogens is 2. The molecule has 0 N–H and O–H groups in total. The van der Waals surface area contributed by atoms with E-state index in [4.69, 9.17) is 0 Å². The molecule has 0 amide bonds. The van der Waals surface area contributed by atoms with Crippen molar-refractivity contribution in [2.75, 3.05) is 0 Å². The fraction of sp³-hybridized carbons (Fsp3) is 0.0500. The quantitative estimate of drug-likeness (QED) is 0.154. The molecule has 0 saturated heterocycles. The largest absolute Gasteiger partial charge is 2.00 e. The molecule has 0 bridgehead atoms. The predicted molar refractivity (Wildman–Crippen MR) is 349 cm³/mol. The summed E-state index contributed by atoms with van der Waals surface area (Å²) in [5.74, 6) is 0. The smallest absolute Gasteiger partial charge is 1.00 e. The van der Waals surface area contributed by atoms with Gasteiger partial charge in [0.15, 0.2) is 0 Å². The fourth-order valence-corrected chi connectivity index (χ4v) is 12.3. The zero-order valence-corrected chi connectivity index (χ0v) is 53.9. The predicted octanol–water partition coefficient (Wildman–Crippen LogP) is 16.8. The van der Waals surface area contributed by atoms with Crippen molar-refractivity contribution in [2.24, 2.45) is 0 Å². The molecule has 4 heteroatoms. The summed E-state index contributed by atoms with van der Waals surface area (Å²) in [6, 6.07) is 105. The average Bonchev–Trinajstić information content (AvgIpc) is 4.47. The Hall–Kier alpha value is -7.53. The van der Waals surface area contributed by atoms with Gasteiger partial charge in [-0.05, 0) is 65.3 Å². The van der Waals surface area contributed by atoms with E-state index in [1.165, 1.54) is 153 Å². The van der Waals surface area contributed by atoms with Crippen molar-refractivity contribution < 1.29 is 77.2 Å². The summed E-state index contributed by atoms with van der Waals surface area (Å²) in [6.07, 6.45) is 0. The normalized spacial score (nSPS) is 10.7. The minimum atomic E-state index is 0. The Morgan fingerprint density at radius 2 is 0.357 bits per heavy atom.